The van der Waals surface area contributed by atoms with E-state index in [2.05, 4.69) is 24.1 Å². The van der Waals surface area contributed by atoms with Crippen LogP contribution in [0.3, 0.4) is 0 Å². The zero-order valence-electron chi connectivity index (χ0n) is 11.5. The van der Waals surface area contributed by atoms with Gasteiger partial charge in [0.2, 0.25) is 0 Å². The summed E-state index contributed by atoms with van der Waals surface area (Å²) in [4.78, 5) is 4.08. The summed E-state index contributed by atoms with van der Waals surface area (Å²) in [5.74, 6) is 2.30. The van der Waals surface area contributed by atoms with Crippen LogP contribution in [0.5, 0.6) is 0 Å². The highest BCUT2D eigenvalue weighted by molar-refractivity contribution is 6.31. The number of pyridine rings is 1. The number of rotatable bonds is 3. The molecule has 0 radical (unpaired) electrons. The zero-order chi connectivity index (χ0) is 13.1. The molecular formula is C15H23ClN2. The molecule has 0 amide bonds. The smallest absolute Gasteiger partial charge is 0.0637 e. The number of hydrogen-bond acceptors (Lipinski definition) is 2. The number of nitrogens with zero attached hydrogens (tertiary/aromatic N) is 1. The van der Waals surface area contributed by atoms with E-state index in [1.807, 2.05) is 19.3 Å². The Kier molecular flexibility index (Phi) is 4.63. The Morgan fingerprint density at radius 1 is 1.28 bits per heavy atom. The average Bonchev–Trinajstić information content (AvgIpc) is 2.31. The number of halogens is 1. The molecule has 0 spiro atoms. The van der Waals surface area contributed by atoms with Gasteiger partial charge in [0.25, 0.3) is 0 Å². The third kappa shape index (κ3) is 3.04. The van der Waals surface area contributed by atoms with Crippen LogP contribution in [0.1, 0.15) is 44.7 Å². The minimum absolute atomic E-state index is 0.352. The summed E-state index contributed by atoms with van der Waals surface area (Å²) in [7, 11) is 2.03. The molecule has 18 heavy (non-hydrogen) atoms. The Labute approximate surface area is 115 Å². The van der Waals surface area contributed by atoms with Crippen molar-refractivity contribution >= 4 is 11.6 Å². The maximum Gasteiger partial charge on any atom is 0.0637 e. The normalized spacial score (nSPS) is 30.1. The summed E-state index contributed by atoms with van der Waals surface area (Å²) < 4.78 is 0. The lowest BCUT2D eigenvalue weighted by Gasteiger charge is -2.36. The Balaban J connectivity index is 2.20. The summed E-state index contributed by atoms with van der Waals surface area (Å²) in [5.41, 5.74) is 1.19. The SMILES string of the molecule is CNC(c1ccncc1Cl)C1CC(C)CC(C)C1. The molecule has 3 atom stereocenters. The fourth-order valence-corrected chi connectivity index (χ4v) is 3.80. The van der Waals surface area contributed by atoms with Crippen LogP contribution in [0.4, 0.5) is 0 Å². The molecule has 1 N–H and O–H groups in total. The average molecular weight is 267 g/mol. The van der Waals surface area contributed by atoms with E-state index in [4.69, 9.17) is 11.6 Å². The summed E-state index contributed by atoms with van der Waals surface area (Å²) in [6, 6.07) is 2.40. The van der Waals surface area contributed by atoms with Gasteiger partial charge >= 0.3 is 0 Å². The predicted octanol–water partition coefficient (Wildman–Crippen LogP) is 4.07. The van der Waals surface area contributed by atoms with Gasteiger partial charge in [0.05, 0.1) is 5.02 Å². The van der Waals surface area contributed by atoms with Crippen LogP contribution in [-0.4, -0.2) is 12.0 Å². The van der Waals surface area contributed by atoms with Crippen molar-refractivity contribution in [1.82, 2.24) is 10.3 Å². The Bertz CT molecular complexity index is 384. The van der Waals surface area contributed by atoms with Crippen LogP contribution in [-0.2, 0) is 0 Å². The third-order valence-corrected chi connectivity index (χ3v) is 4.45. The molecule has 0 aliphatic heterocycles. The van der Waals surface area contributed by atoms with Gasteiger partial charge in [-0.05, 0) is 55.7 Å². The van der Waals surface area contributed by atoms with Gasteiger partial charge in [-0.2, -0.15) is 0 Å². The zero-order valence-corrected chi connectivity index (χ0v) is 12.2. The number of hydrogen-bond donors (Lipinski definition) is 1. The van der Waals surface area contributed by atoms with Crippen molar-refractivity contribution < 1.29 is 0 Å². The molecule has 3 unspecified atom stereocenters. The molecule has 0 saturated heterocycles. The molecule has 0 bridgehead atoms. The number of nitrogens with one attached hydrogen (secondary N) is 1. The van der Waals surface area contributed by atoms with Crippen molar-refractivity contribution in [2.24, 2.45) is 17.8 Å². The van der Waals surface area contributed by atoms with Gasteiger partial charge in [0.15, 0.2) is 0 Å². The Hall–Kier alpha value is -0.600. The lowest BCUT2D eigenvalue weighted by atomic mass is 9.72. The highest BCUT2D eigenvalue weighted by Crippen LogP contribution is 2.40. The van der Waals surface area contributed by atoms with Crippen molar-refractivity contribution in [3.63, 3.8) is 0 Å². The molecule has 1 aliphatic rings. The van der Waals surface area contributed by atoms with Gasteiger partial charge in [-0.15, -0.1) is 0 Å². The quantitative estimate of drug-likeness (QED) is 0.892. The van der Waals surface area contributed by atoms with E-state index in [0.717, 1.165) is 16.9 Å². The van der Waals surface area contributed by atoms with Crippen LogP contribution in [0.25, 0.3) is 0 Å². The summed E-state index contributed by atoms with van der Waals surface area (Å²) >= 11 is 6.29. The van der Waals surface area contributed by atoms with E-state index < -0.39 is 0 Å². The van der Waals surface area contributed by atoms with E-state index in [1.54, 1.807) is 6.20 Å². The van der Waals surface area contributed by atoms with Crippen LogP contribution < -0.4 is 5.32 Å². The molecular weight excluding hydrogens is 244 g/mol. The maximum absolute atomic E-state index is 6.29. The molecule has 0 aromatic carbocycles. The first-order valence-corrected chi connectivity index (χ1v) is 7.26. The first-order valence-electron chi connectivity index (χ1n) is 6.88. The minimum Gasteiger partial charge on any atom is -0.313 e. The van der Waals surface area contributed by atoms with Gasteiger partial charge in [0.1, 0.15) is 0 Å². The minimum atomic E-state index is 0.352. The fraction of sp³-hybridized carbons (Fsp3) is 0.667. The molecule has 1 fully saturated rings. The van der Waals surface area contributed by atoms with Gasteiger partial charge in [0, 0.05) is 18.4 Å². The highest BCUT2D eigenvalue weighted by Gasteiger charge is 2.30. The van der Waals surface area contributed by atoms with Crippen LogP contribution in [0.2, 0.25) is 5.02 Å². The van der Waals surface area contributed by atoms with Gasteiger partial charge < -0.3 is 5.32 Å². The Morgan fingerprint density at radius 3 is 2.50 bits per heavy atom. The second-order valence-corrected chi connectivity index (χ2v) is 6.25. The first kappa shape index (κ1) is 13.8. The topological polar surface area (TPSA) is 24.9 Å². The molecule has 100 valence electrons. The van der Waals surface area contributed by atoms with Gasteiger partial charge in [-0.1, -0.05) is 25.4 Å². The summed E-state index contributed by atoms with van der Waals surface area (Å²) in [5, 5.41) is 4.24. The maximum atomic E-state index is 6.29. The lowest BCUT2D eigenvalue weighted by molar-refractivity contribution is 0.180. The van der Waals surface area contributed by atoms with Crippen LogP contribution >= 0.6 is 11.6 Å². The number of aromatic nitrogens is 1. The standard InChI is InChI=1S/C15H23ClN2/c1-10-6-11(2)8-12(7-10)15(17-3)13-4-5-18-9-14(13)16/h4-5,9-12,15,17H,6-8H2,1-3H3. The fourth-order valence-electron chi connectivity index (χ4n) is 3.56. The van der Waals surface area contributed by atoms with Gasteiger partial charge in [-0.3, -0.25) is 4.98 Å². The molecule has 1 aromatic heterocycles. The Morgan fingerprint density at radius 2 is 1.94 bits per heavy atom. The molecule has 1 aliphatic carbocycles. The predicted molar refractivity (Wildman–Crippen MR) is 76.7 cm³/mol. The van der Waals surface area contributed by atoms with E-state index >= 15 is 0 Å². The summed E-state index contributed by atoms with van der Waals surface area (Å²) in [6.45, 7) is 4.73. The highest BCUT2D eigenvalue weighted by atomic mass is 35.5. The lowest BCUT2D eigenvalue weighted by Crippen LogP contribution is -2.31. The molecule has 1 aromatic rings. The van der Waals surface area contributed by atoms with Crippen molar-refractivity contribution in [3.8, 4) is 0 Å². The molecule has 1 saturated carbocycles. The molecule has 1 heterocycles. The largest absolute Gasteiger partial charge is 0.313 e. The third-order valence-electron chi connectivity index (χ3n) is 4.14. The molecule has 3 heteroatoms. The van der Waals surface area contributed by atoms with Crippen molar-refractivity contribution in [2.45, 2.75) is 39.2 Å². The van der Waals surface area contributed by atoms with Gasteiger partial charge in [-0.25, -0.2) is 0 Å². The molecule has 2 rings (SSSR count). The van der Waals surface area contributed by atoms with Crippen molar-refractivity contribution in [3.05, 3.63) is 29.0 Å². The van der Waals surface area contributed by atoms with Crippen molar-refractivity contribution in [1.29, 1.82) is 0 Å². The van der Waals surface area contributed by atoms with E-state index in [0.29, 0.717) is 12.0 Å². The van der Waals surface area contributed by atoms with E-state index in [9.17, 15) is 0 Å². The monoisotopic (exact) mass is 266 g/mol. The van der Waals surface area contributed by atoms with E-state index in [-0.39, 0.29) is 0 Å². The van der Waals surface area contributed by atoms with Crippen LogP contribution in [0.15, 0.2) is 18.5 Å². The second kappa shape index (κ2) is 6.03. The summed E-state index contributed by atoms with van der Waals surface area (Å²) in [6.07, 6.45) is 7.51. The molecule has 2 nitrogen and oxygen atoms in total. The van der Waals surface area contributed by atoms with E-state index in [1.165, 1.54) is 24.8 Å². The van der Waals surface area contributed by atoms with Crippen LogP contribution in [0, 0.1) is 17.8 Å². The van der Waals surface area contributed by atoms with Crippen molar-refractivity contribution in [2.75, 3.05) is 7.05 Å². The first-order chi connectivity index (χ1) is 8.61. The second-order valence-electron chi connectivity index (χ2n) is 5.84.